The van der Waals surface area contributed by atoms with Gasteiger partial charge in [-0.15, -0.1) is 0 Å². The third-order valence-electron chi connectivity index (χ3n) is 6.31. The maximum absolute atomic E-state index is 13.8. The number of carbonyl (C=O) groups excluding carboxylic acids is 1. The Balaban J connectivity index is 1.97. The van der Waals surface area contributed by atoms with E-state index in [2.05, 4.69) is 0 Å². The van der Waals surface area contributed by atoms with Crippen molar-refractivity contribution >= 4 is 16.9 Å². The second-order valence-electron chi connectivity index (χ2n) is 8.67. The first-order valence-electron chi connectivity index (χ1n) is 11.3. The Bertz CT molecular complexity index is 1300. The number of methoxy groups -OCH3 is 2. The van der Waals surface area contributed by atoms with Crippen LogP contribution in [0, 0.1) is 0 Å². The van der Waals surface area contributed by atoms with Crippen molar-refractivity contribution < 1.29 is 23.8 Å². The lowest BCUT2D eigenvalue weighted by Crippen LogP contribution is -2.47. The van der Waals surface area contributed by atoms with Crippen LogP contribution in [0.2, 0.25) is 0 Å². The quantitative estimate of drug-likeness (QED) is 0.546. The van der Waals surface area contributed by atoms with Crippen LogP contribution in [0.25, 0.3) is 11.0 Å². The van der Waals surface area contributed by atoms with Crippen molar-refractivity contribution in [2.24, 2.45) is 0 Å². The average molecular weight is 467 g/mol. The molecule has 0 saturated carbocycles. The molecule has 0 radical (unpaired) electrons. The number of ether oxygens (including phenoxy) is 2. The first-order chi connectivity index (χ1) is 16.3. The first-order valence-corrected chi connectivity index (χ1v) is 11.3. The van der Waals surface area contributed by atoms with Crippen LogP contribution >= 0.6 is 0 Å². The molecule has 8 heteroatoms. The molecule has 4 rings (SSSR count). The molecule has 3 aromatic rings. The van der Waals surface area contributed by atoms with Gasteiger partial charge in [-0.2, -0.15) is 0 Å². The zero-order chi connectivity index (χ0) is 24.6. The molecule has 1 aliphatic heterocycles. The molecule has 0 saturated heterocycles. The van der Waals surface area contributed by atoms with E-state index >= 15 is 0 Å². The predicted octanol–water partition coefficient (Wildman–Crippen LogP) is 2.97. The number of fused-ring (bicyclic) bond motifs is 2. The lowest BCUT2D eigenvalue weighted by molar-refractivity contribution is -0.0514. The number of aryl methyl sites for hydroxylation is 1. The average Bonchev–Trinajstić information content (AvgIpc) is 3.05. The van der Waals surface area contributed by atoms with Crippen molar-refractivity contribution in [1.82, 2.24) is 9.80 Å². The summed E-state index contributed by atoms with van der Waals surface area (Å²) < 4.78 is 16.7. The molecular formula is C26H30N2O6. The summed E-state index contributed by atoms with van der Waals surface area (Å²) in [6, 6.07) is 10.2. The third-order valence-corrected chi connectivity index (χ3v) is 6.31. The molecule has 1 atom stereocenters. The van der Waals surface area contributed by atoms with Crippen LogP contribution in [-0.2, 0) is 12.1 Å². The second kappa shape index (κ2) is 9.12. The molecule has 34 heavy (non-hydrogen) atoms. The highest BCUT2D eigenvalue weighted by Gasteiger charge is 2.54. The van der Waals surface area contributed by atoms with E-state index in [9.17, 15) is 14.7 Å². The molecule has 1 amide bonds. The molecule has 0 fully saturated rings. The van der Waals surface area contributed by atoms with Gasteiger partial charge in [0.15, 0.2) is 11.5 Å². The van der Waals surface area contributed by atoms with Crippen LogP contribution < -0.4 is 14.9 Å². The molecule has 2 heterocycles. The fraction of sp³-hybridized carbons (Fsp3) is 0.385. The number of hydrogen-bond acceptors (Lipinski definition) is 7. The minimum atomic E-state index is -2.02. The predicted molar refractivity (Wildman–Crippen MR) is 129 cm³/mol. The van der Waals surface area contributed by atoms with Crippen LogP contribution in [-0.4, -0.2) is 62.2 Å². The summed E-state index contributed by atoms with van der Waals surface area (Å²) >= 11 is 0. The highest BCUT2D eigenvalue weighted by atomic mass is 16.5. The molecule has 1 unspecified atom stereocenters. The number of benzene rings is 2. The van der Waals surface area contributed by atoms with Crippen LogP contribution in [0.15, 0.2) is 45.6 Å². The van der Waals surface area contributed by atoms with E-state index in [0.29, 0.717) is 41.0 Å². The molecule has 8 nitrogen and oxygen atoms in total. The molecule has 1 aromatic heterocycles. The maximum atomic E-state index is 13.8. The zero-order valence-electron chi connectivity index (χ0n) is 20.2. The van der Waals surface area contributed by atoms with Gasteiger partial charge in [0.25, 0.3) is 5.91 Å². The van der Waals surface area contributed by atoms with E-state index < -0.39 is 17.1 Å². The van der Waals surface area contributed by atoms with Crippen molar-refractivity contribution in [2.75, 3.05) is 41.4 Å². The Morgan fingerprint density at radius 3 is 2.44 bits per heavy atom. The number of hydrogen-bond donors (Lipinski definition) is 1. The minimum absolute atomic E-state index is 0.0738. The minimum Gasteiger partial charge on any atom is -0.493 e. The van der Waals surface area contributed by atoms with Crippen LogP contribution in [0.4, 0.5) is 0 Å². The van der Waals surface area contributed by atoms with Crippen LogP contribution in [0.1, 0.15) is 40.6 Å². The maximum Gasteiger partial charge on any atom is 0.293 e. The molecular weight excluding hydrogens is 436 g/mol. The summed E-state index contributed by atoms with van der Waals surface area (Å²) in [7, 11) is 6.87. The van der Waals surface area contributed by atoms with Crippen molar-refractivity contribution in [3.05, 3.63) is 69.1 Å². The largest absolute Gasteiger partial charge is 0.493 e. The topological polar surface area (TPSA) is 92.4 Å². The monoisotopic (exact) mass is 466 g/mol. The van der Waals surface area contributed by atoms with Crippen LogP contribution in [0.3, 0.4) is 0 Å². The summed E-state index contributed by atoms with van der Waals surface area (Å²) in [6.45, 7) is 2.92. The third kappa shape index (κ3) is 3.73. The van der Waals surface area contributed by atoms with Gasteiger partial charge in [0.05, 0.1) is 19.6 Å². The summed E-state index contributed by atoms with van der Waals surface area (Å²) in [5.41, 5.74) is -0.918. The molecule has 1 aliphatic rings. The van der Waals surface area contributed by atoms with Crippen LogP contribution in [0.5, 0.6) is 11.5 Å². The lowest BCUT2D eigenvalue weighted by Gasteiger charge is -2.34. The Labute approximate surface area is 198 Å². The van der Waals surface area contributed by atoms with Gasteiger partial charge in [0.1, 0.15) is 11.1 Å². The van der Waals surface area contributed by atoms with Gasteiger partial charge in [-0.05, 0) is 69.4 Å². The van der Waals surface area contributed by atoms with E-state index in [-0.39, 0.29) is 17.9 Å². The molecule has 180 valence electrons. The van der Waals surface area contributed by atoms with E-state index in [1.807, 2.05) is 32.0 Å². The summed E-state index contributed by atoms with van der Waals surface area (Å²) in [6.07, 6.45) is 1.33. The Morgan fingerprint density at radius 2 is 1.79 bits per heavy atom. The number of aliphatic hydroxyl groups is 1. The SMILES string of the molecule is CCc1ccc2oc3c(c(=O)c2c1)C(O)(c1ccc(OC)c(OC)c1)N(CCCN(C)C)C3=O. The number of rotatable bonds is 8. The first kappa shape index (κ1) is 23.8. The Kier molecular flexibility index (Phi) is 6.38. The van der Waals surface area contributed by atoms with Gasteiger partial charge in [0, 0.05) is 12.1 Å². The number of nitrogens with zero attached hydrogens (tertiary/aromatic N) is 2. The standard InChI is InChI=1S/C26H30N2O6/c1-6-16-8-10-19-18(14-16)23(29)22-24(34-19)25(30)28(13-7-12-27(2)3)26(22,31)17-9-11-20(32-4)21(15-17)33-5/h8-11,14-15,31H,6-7,12-13H2,1-5H3. The normalized spacial score (nSPS) is 17.5. The van der Waals surface area contributed by atoms with Crippen molar-refractivity contribution in [3.63, 3.8) is 0 Å². The van der Waals surface area contributed by atoms with Gasteiger partial charge in [0.2, 0.25) is 16.9 Å². The van der Waals surface area contributed by atoms with E-state index in [4.69, 9.17) is 13.9 Å². The molecule has 0 bridgehead atoms. The zero-order valence-corrected chi connectivity index (χ0v) is 20.2. The van der Waals surface area contributed by atoms with Gasteiger partial charge in [-0.1, -0.05) is 13.0 Å². The number of amides is 1. The van der Waals surface area contributed by atoms with Gasteiger partial charge >= 0.3 is 0 Å². The summed E-state index contributed by atoms with van der Waals surface area (Å²) in [4.78, 5) is 30.6. The van der Waals surface area contributed by atoms with E-state index in [0.717, 1.165) is 12.0 Å². The molecule has 1 N–H and O–H groups in total. The summed E-state index contributed by atoms with van der Waals surface area (Å²) in [5, 5.41) is 12.5. The highest BCUT2D eigenvalue weighted by molar-refractivity contribution is 5.99. The van der Waals surface area contributed by atoms with Gasteiger partial charge < -0.3 is 23.9 Å². The fourth-order valence-electron chi connectivity index (χ4n) is 4.50. The van der Waals surface area contributed by atoms with Crippen molar-refractivity contribution in [1.29, 1.82) is 0 Å². The smallest absolute Gasteiger partial charge is 0.293 e. The summed E-state index contributed by atoms with van der Waals surface area (Å²) in [5.74, 6) is 0.186. The highest BCUT2D eigenvalue weighted by Crippen LogP contribution is 2.44. The van der Waals surface area contributed by atoms with E-state index in [1.165, 1.54) is 19.1 Å². The Morgan fingerprint density at radius 1 is 1.06 bits per heavy atom. The Hall–Kier alpha value is -3.36. The van der Waals surface area contributed by atoms with E-state index in [1.54, 1.807) is 30.3 Å². The van der Waals surface area contributed by atoms with Gasteiger partial charge in [-0.25, -0.2) is 0 Å². The lowest BCUT2D eigenvalue weighted by atomic mass is 9.93. The second-order valence-corrected chi connectivity index (χ2v) is 8.67. The molecule has 2 aromatic carbocycles. The molecule has 0 aliphatic carbocycles. The van der Waals surface area contributed by atoms with Gasteiger partial charge in [-0.3, -0.25) is 14.5 Å². The van der Waals surface area contributed by atoms with Crippen molar-refractivity contribution in [2.45, 2.75) is 25.5 Å². The molecule has 0 spiro atoms. The van der Waals surface area contributed by atoms with Crippen molar-refractivity contribution in [3.8, 4) is 11.5 Å². The number of carbonyl (C=O) groups is 1. The fourth-order valence-corrected chi connectivity index (χ4v) is 4.50.